The lowest BCUT2D eigenvalue weighted by atomic mass is 10.1. The van der Waals surface area contributed by atoms with Gasteiger partial charge in [-0.15, -0.1) is 0 Å². The summed E-state index contributed by atoms with van der Waals surface area (Å²) < 4.78 is 1.88. The van der Waals surface area contributed by atoms with Gasteiger partial charge >= 0.3 is 0 Å². The monoisotopic (exact) mass is 328 g/mol. The molecule has 1 aromatic carbocycles. The fraction of sp³-hybridized carbons (Fsp3) is 0.0526. The van der Waals surface area contributed by atoms with Gasteiger partial charge < -0.3 is 5.32 Å². The lowest BCUT2D eigenvalue weighted by Gasteiger charge is -2.04. The molecule has 3 heterocycles. The minimum absolute atomic E-state index is 0.571. The zero-order valence-corrected chi connectivity index (χ0v) is 13.4. The Morgan fingerprint density at radius 3 is 2.48 bits per heavy atom. The highest BCUT2D eigenvalue weighted by molar-refractivity contribution is 5.62. The summed E-state index contributed by atoms with van der Waals surface area (Å²) >= 11 is 0. The molecule has 0 fully saturated rings. The first-order valence-corrected chi connectivity index (χ1v) is 7.95. The second-order valence-corrected chi connectivity index (χ2v) is 5.45. The van der Waals surface area contributed by atoms with Crippen molar-refractivity contribution in [3.8, 4) is 16.9 Å². The van der Waals surface area contributed by atoms with Crippen molar-refractivity contribution >= 4 is 5.95 Å². The van der Waals surface area contributed by atoms with Crippen LogP contribution < -0.4 is 5.32 Å². The first-order chi connectivity index (χ1) is 12.4. The maximum Gasteiger partial charge on any atom is 0.222 e. The lowest BCUT2D eigenvalue weighted by molar-refractivity contribution is 0.883. The van der Waals surface area contributed by atoms with Crippen molar-refractivity contribution in [1.82, 2.24) is 24.7 Å². The van der Waals surface area contributed by atoms with E-state index in [4.69, 9.17) is 5.10 Å². The zero-order chi connectivity index (χ0) is 16.9. The molecule has 0 aliphatic carbocycles. The van der Waals surface area contributed by atoms with Gasteiger partial charge in [-0.2, -0.15) is 5.10 Å². The van der Waals surface area contributed by atoms with Gasteiger partial charge in [0.05, 0.1) is 11.4 Å². The Morgan fingerprint density at radius 1 is 0.880 bits per heavy atom. The van der Waals surface area contributed by atoms with Gasteiger partial charge in [-0.3, -0.25) is 4.98 Å². The number of pyridine rings is 1. The molecule has 0 aliphatic rings. The first-order valence-electron chi connectivity index (χ1n) is 7.95. The molecule has 6 heteroatoms. The molecule has 1 N–H and O–H groups in total. The van der Waals surface area contributed by atoms with Crippen LogP contribution in [0.3, 0.4) is 0 Å². The van der Waals surface area contributed by atoms with Crippen molar-refractivity contribution in [3.05, 3.63) is 85.1 Å². The van der Waals surface area contributed by atoms with Crippen LogP contribution in [0, 0.1) is 0 Å². The van der Waals surface area contributed by atoms with Crippen molar-refractivity contribution in [1.29, 1.82) is 0 Å². The molecular formula is C19H16N6. The number of hydrogen-bond acceptors (Lipinski definition) is 5. The average molecular weight is 328 g/mol. The number of rotatable bonds is 5. The van der Waals surface area contributed by atoms with Gasteiger partial charge in [0.2, 0.25) is 5.95 Å². The van der Waals surface area contributed by atoms with E-state index in [1.54, 1.807) is 24.7 Å². The van der Waals surface area contributed by atoms with E-state index in [0.29, 0.717) is 12.5 Å². The molecule has 0 aliphatic heterocycles. The largest absolute Gasteiger partial charge is 0.350 e. The molecule has 3 aromatic heterocycles. The molecule has 6 nitrogen and oxygen atoms in total. The highest BCUT2D eigenvalue weighted by Gasteiger charge is 2.12. The topological polar surface area (TPSA) is 68.5 Å². The van der Waals surface area contributed by atoms with E-state index in [-0.39, 0.29) is 0 Å². The molecule has 0 atom stereocenters. The predicted molar refractivity (Wildman–Crippen MR) is 96.2 cm³/mol. The highest BCUT2D eigenvalue weighted by atomic mass is 15.3. The average Bonchev–Trinajstić information content (AvgIpc) is 3.13. The second-order valence-electron chi connectivity index (χ2n) is 5.45. The van der Waals surface area contributed by atoms with Crippen molar-refractivity contribution in [2.24, 2.45) is 0 Å². The molecule has 0 radical (unpaired) electrons. The third-order valence-electron chi connectivity index (χ3n) is 3.75. The van der Waals surface area contributed by atoms with E-state index >= 15 is 0 Å². The van der Waals surface area contributed by atoms with Crippen LogP contribution in [0.5, 0.6) is 0 Å². The Bertz CT molecular complexity index is 936. The van der Waals surface area contributed by atoms with Gasteiger partial charge in [0.15, 0.2) is 0 Å². The maximum atomic E-state index is 4.76. The Hall–Kier alpha value is -3.54. The molecule has 0 spiro atoms. The third kappa shape index (κ3) is 3.37. The molecule has 0 bridgehead atoms. The van der Waals surface area contributed by atoms with E-state index in [1.165, 1.54) is 0 Å². The molecule has 25 heavy (non-hydrogen) atoms. The predicted octanol–water partition coefficient (Wildman–Crippen LogP) is 3.34. The summed E-state index contributed by atoms with van der Waals surface area (Å²) in [6, 6.07) is 15.7. The smallest absolute Gasteiger partial charge is 0.222 e. The molecule has 4 rings (SSSR count). The van der Waals surface area contributed by atoms with Crippen LogP contribution >= 0.6 is 0 Å². The second kappa shape index (κ2) is 6.92. The molecule has 0 saturated heterocycles. The summed E-state index contributed by atoms with van der Waals surface area (Å²) in [6.45, 7) is 0.571. The van der Waals surface area contributed by atoms with Crippen LogP contribution in [-0.4, -0.2) is 24.7 Å². The van der Waals surface area contributed by atoms with E-state index in [1.807, 2.05) is 59.5 Å². The van der Waals surface area contributed by atoms with Gasteiger partial charge in [0.25, 0.3) is 0 Å². The Labute approximate surface area is 145 Å². The Morgan fingerprint density at radius 2 is 1.72 bits per heavy atom. The summed E-state index contributed by atoms with van der Waals surface area (Å²) in [6.07, 6.45) is 9.02. The fourth-order valence-corrected chi connectivity index (χ4v) is 2.56. The molecule has 122 valence electrons. The quantitative estimate of drug-likeness (QED) is 0.608. The number of benzene rings is 1. The molecule has 0 unspecified atom stereocenters. The minimum Gasteiger partial charge on any atom is -0.350 e. The van der Waals surface area contributed by atoms with Gasteiger partial charge in [0.1, 0.15) is 0 Å². The SMILES string of the molecule is c1ccc(-n2cc(CNc3ncccn3)c(-c3cccnc3)n2)cc1. The van der Waals surface area contributed by atoms with Crippen LogP contribution in [-0.2, 0) is 6.54 Å². The number of anilines is 1. The van der Waals surface area contributed by atoms with Crippen molar-refractivity contribution in [2.75, 3.05) is 5.32 Å². The fourth-order valence-electron chi connectivity index (χ4n) is 2.56. The van der Waals surface area contributed by atoms with Crippen LogP contribution in [0.1, 0.15) is 5.56 Å². The number of aromatic nitrogens is 5. The van der Waals surface area contributed by atoms with Crippen molar-refractivity contribution in [3.63, 3.8) is 0 Å². The van der Waals surface area contributed by atoms with Crippen LogP contribution in [0.4, 0.5) is 5.95 Å². The zero-order valence-electron chi connectivity index (χ0n) is 13.4. The van der Waals surface area contributed by atoms with Crippen molar-refractivity contribution in [2.45, 2.75) is 6.54 Å². The van der Waals surface area contributed by atoms with Crippen LogP contribution in [0.2, 0.25) is 0 Å². The van der Waals surface area contributed by atoms with E-state index in [9.17, 15) is 0 Å². The van der Waals surface area contributed by atoms with E-state index in [2.05, 4.69) is 20.3 Å². The number of nitrogens with zero attached hydrogens (tertiary/aromatic N) is 5. The summed E-state index contributed by atoms with van der Waals surface area (Å²) in [7, 11) is 0. The summed E-state index contributed by atoms with van der Waals surface area (Å²) in [5.74, 6) is 0.590. The van der Waals surface area contributed by atoms with E-state index < -0.39 is 0 Å². The first kappa shape index (κ1) is 15.0. The number of hydrogen-bond donors (Lipinski definition) is 1. The summed E-state index contributed by atoms with van der Waals surface area (Å²) in [5.41, 5.74) is 3.92. The molecule has 0 saturated carbocycles. The highest BCUT2D eigenvalue weighted by Crippen LogP contribution is 2.23. The molecule has 0 amide bonds. The number of para-hydroxylation sites is 1. The molecule has 4 aromatic rings. The van der Waals surface area contributed by atoms with Crippen LogP contribution in [0.25, 0.3) is 16.9 Å². The van der Waals surface area contributed by atoms with Gasteiger partial charge in [0, 0.05) is 48.7 Å². The summed E-state index contributed by atoms with van der Waals surface area (Å²) in [5, 5.41) is 8.00. The Balaban J connectivity index is 1.69. The van der Waals surface area contributed by atoms with Crippen molar-refractivity contribution < 1.29 is 0 Å². The lowest BCUT2D eigenvalue weighted by Crippen LogP contribution is -2.03. The number of nitrogens with one attached hydrogen (secondary N) is 1. The standard InChI is InChI=1S/C19H16N6/c1-2-7-17(8-3-1)25-14-16(13-23-19-21-10-5-11-22-19)18(24-25)15-6-4-9-20-12-15/h1-12,14H,13H2,(H,21,22,23). The Kier molecular flexibility index (Phi) is 4.16. The summed E-state index contributed by atoms with van der Waals surface area (Å²) in [4.78, 5) is 12.6. The van der Waals surface area contributed by atoms with Crippen LogP contribution in [0.15, 0.2) is 79.5 Å². The third-order valence-corrected chi connectivity index (χ3v) is 3.75. The maximum absolute atomic E-state index is 4.76. The minimum atomic E-state index is 0.571. The van der Waals surface area contributed by atoms with Gasteiger partial charge in [-0.25, -0.2) is 14.6 Å². The van der Waals surface area contributed by atoms with Gasteiger partial charge in [-0.05, 0) is 30.3 Å². The van der Waals surface area contributed by atoms with E-state index in [0.717, 1.165) is 22.5 Å². The normalized spacial score (nSPS) is 10.6. The van der Waals surface area contributed by atoms with Gasteiger partial charge in [-0.1, -0.05) is 18.2 Å². The molecular weight excluding hydrogens is 312 g/mol.